The van der Waals surface area contributed by atoms with E-state index in [1.54, 1.807) is 17.3 Å². The topological polar surface area (TPSA) is 80.8 Å². The normalized spacial score (nSPS) is 12.6. The SMILES string of the molecule is CC(/C=C(\N)c1ccccc1)Nc1ccc(CNn2cnnc2)cc1. The molecule has 0 aliphatic rings. The number of nitrogens with two attached hydrogens (primary N) is 1. The first-order chi connectivity index (χ1) is 12.2. The molecule has 1 unspecified atom stereocenters. The van der Waals surface area contributed by atoms with Gasteiger partial charge in [0, 0.05) is 17.4 Å². The number of benzene rings is 2. The summed E-state index contributed by atoms with van der Waals surface area (Å²) in [5.74, 6) is 0. The fourth-order valence-electron chi connectivity index (χ4n) is 2.48. The predicted molar refractivity (Wildman–Crippen MR) is 101 cm³/mol. The van der Waals surface area contributed by atoms with Gasteiger partial charge in [0.2, 0.25) is 0 Å². The quantitative estimate of drug-likeness (QED) is 0.619. The second kappa shape index (κ2) is 8.01. The summed E-state index contributed by atoms with van der Waals surface area (Å²) in [4.78, 5) is 0. The predicted octanol–water partition coefficient (Wildman–Crippen LogP) is 2.82. The third-order valence-corrected chi connectivity index (χ3v) is 3.77. The van der Waals surface area contributed by atoms with E-state index in [4.69, 9.17) is 5.73 Å². The summed E-state index contributed by atoms with van der Waals surface area (Å²) in [6.45, 7) is 2.78. The van der Waals surface area contributed by atoms with E-state index < -0.39 is 0 Å². The minimum Gasteiger partial charge on any atom is -0.398 e. The maximum absolute atomic E-state index is 6.16. The van der Waals surface area contributed by atoms with Crippen LogP contribution in [0.15, 0.2) is 73.3 Å². The van der Waals surface area contributed by atoms with Gasteiger partial charge in [0.1, 0.15) is 12.7 Å². The van der Waals surface area contributed by atoms with Crippen LogP contribution in [-0.4, -0.2) is 20.9 Å². The van der Waals surface area contributed by atoms with Crippen LogP contribution in [0.1, 0.15) is 18.1 Å². The van der Waals surface area contributed by atoms with E-state index in [-0.39, 0.29) is 6.04 Å². The van der Waals surface area contributed by atoms with Gasteiger partial charge in [-0.3, -0.25) is 0 Å². The molecule has 0 radical (unpaired) electrons. The van der Waals surface area contributed by atoms with Gasteiger partial charge >= 0.3 is 0 Å². The molecule has 0 spiro atoms. The van der Waals surface area contributed by atoms with Gasteiger partial charge in [-0.15, -0.1) is 10.2 Å². The highest BCUT2D eigenvalue weighted by molar-refractivity contribution is 5.63. The number of rotatable bonds is 7. The second-order valence-corrected chi connectivity index (χ2v) is 5.82. The summed E-state index contributed by atoms with van der Waals surface area (Å²) in [7, 11) is 0. The lowest BCUT2D eigenvalue weighted by molar-refractivity contribution is 0.836. The van der Waals surface area contributed by atoms with Gasteiger partial charge in [-0.2, -0.15) is 0 Å². The van der Waals surface area contributed by atoms with E-state index in [0.717, 1.165) is 16.9 Å². The lowest BCUT2D eigenvalue weighted by atomic mass is 10.1. The van der Waals surface area contributed by atoms with Crippen molar-refractivity contribution >= 4 is 11.4 Å². The second-order valence-electron chi connectivity index (χ2n) is 5.82. The van der Waals surface area contributed by atoms with Crippen LogP contribution in [-0.2, 0) is 6.54 Å². The molecule has 6 nitrogen and oxygen atoms in total. The molecule has 3 rings (SSSR count). The molecule has 0 fully saturated rings. The van der Waals surface area contributed by atoms with Crippen molar-refractivity contribution in [1.82, 2.24) is 14.9 Å². The largest absolute Gasteiger partial charge is 0.398 e. The highest BCUT2D eigenvalue weighted by Crippen LogP contribution is 2.14. The lowest BCUT2D eigenvalue weighted by Gasteiger charge is -2.14. The van der Waals surface area contributed by atoms with Crippen LogP contribution in [0, 0.1) is 0 Å². The summed E-state index contributed by atoms with van der Waals surface area (Å²) in [5.41, 5.74) is 13.4. The zero-order chi connectivity index (χ0) is 17.5. The Labute approximate surface area is 147 Å². The fraction of sp³-hybridized carbons (Fsp3) is 0.158. The smallest absolute Gasteiger partial charge is 0.138 e. The third kappa shape index (κ3) is 4.84. The van der Waals surface area contributed by atoms with Crippen LogP contribution in [0.3, 0.4) is 0 Å². The Morgan fingerprint density at radius 2 is 1.76 bits per heavy atom. The van der Waals surface area contributed by atoms with E-state index >= 15 is 0 Å². The molecule has 128 valence electrons. The summed E-state index contributed by atoms with van der Waals surface area (Å²) in [6, 6.07) is 18.4. The Bertz CT molecular complexity index is 794. The molecule has 4 N–H and O–H groups in total. The zero-order valence-corrected chi connectivity index (χ0v) is 14.1. The average Bonchev–Trinajstić information content (AvgIpc) is 3.15. The fourth-order valence-corrected chi connectivity index (χ4v) is 2.48. The van der Waals surface area contributed by atoms with Gasteiger partial charge in [-0.25, -0.2) is 4.68 Å². The van der Waals surface area contributed by atoms with Crippen molar-refractivity contribution in [2.75, 3.05) is 10.7 Å². The summed E-state index contributed by atoms with van der Waals surface area (Å²) in [5, 5.41) is 10.9. The van der Waals surface area contributed by atoms with Gasteiger partial charge in [-0.1, -0.05) is 42.5 Å². The van der Waals surface area contributed by atoms with Crippen LogP contribution in [0.2, 0.25) is 0 Å². The lowest BCUT2D eigenvalue weighted by Crippen LogP contribution is -2.15. The van der Waals surface area contributed by atoms with E-state index in [1.807, 2.05) is 36.4 Å². The van der Waals surface area contributed by atoms with Crippen molar-refractivity contribution in [3.8, 4) is 0 Å². The molecule has 0 amide bonds. The average molecular weight is 334 g/mol. The summed E-state index contributed by atoms with van der Waals surface area (Å²) in [6.07, 6.45) is 5.28. The Morgan fingerprint density at radius 3 is 2.44 bits per heavy atom. The monoisotopic (exact) mass is 334 g/mol. The zero-order valence-electron chi connectivity index (χ0n) is 14.1. The number of nitrogens with zero attached hydrogens (tertiary/aromatic N) is 3. The van der Waals surface area contributed by atoms with Gasteiger partial charge < -0.3 is 16.5 Å². The van der Waals surface area contributed by atoms with Crippen molar-refractivity contribution in [3.63, 3.8) is 0 Å². The van der Waals surface area contributed by atoms with E-state index in [2.05, 4.69) is 52.1 Å². The standard InChI is InChI=1S/C19H22N6/c1-15(11-19(20)17-5-3-2-4-6-17)24-18-9-7-16(8-10-18)12-23-25-13-21-22-14-25/h2-11,13-15,23-24H,12,20H2,1H3/b19-11-. The third-order valence-electron chi connectivity index (χ3n) is 3.77. The Hall–Kier alpha value is -3.28. The molecule has 0 saturated heterocycles. The maximum atomic E-state index is 6.16. The maximum Gasteiger partial charge on any atom is 0.138 e. The molecule has 1 heterocycles. The molecule has 0 saturated carbocycles. The number of hydrogen-bond acceptors (Lipinski definition) is 5. The first-order valence-electron chi connectivity index (χ1n) is 8.17. The van der Waals surface area contributed by atoms with Crippen molar-refractivity contribution < 1.29 is 0 Å². The van der Waals surface area contributed by atoms with Crippen molar-refractivity contribution in [2.24, 2.45) is 5.73 Å². The van der Waals surface area contributed by atoms with Gasteiger partial charge in [0.25, 0.3) is 0 Å². The molecule has 0 aliphatic heterocycles. The molecule has 3 aromatic rings. The summed E-state index contributed by atoms with van der Waals surface area (Å²) >= 11 is 0. The Balaban J connectivity index is 1.55. The minimum absolute atomic E-state index is 0.126. The molecular weight excluding hydrogens is 312 g/mol. The minimum atomic E-state index is 0.126. The van der Waals surface area contributed by atoms with Crippen molar-refractivity contribution in [1.29, 1.82) is 0 Å². The van der Waals surface area contributed by atoms with Crippen LogP contribution < -0.4 is 16.5 Å². The number of hydrogen-bond donors (Lipinski definition) is 3. The first-order valence-corrected chi connectivity index (χ1v) is 8.17. The molecule has 0 aliphatic carbocycles. The highest BCUT2D eigenvalue weighted by atomic mass is 15.5. The van der Waals surface area contributed by atoms with Gasteiger partial charge in [0.05, 0.1) is 6.54 Å². The summed E-state index contributed by atoms with van der Waals surface area (Å²) < 4.78 is 1.73. The molecule has 25 heavy (non-hydrogen) atoms. The van der Waals surface area contributed by atoms with Crippen LogP contribution in [0.25, 0.3) is 5.70 Å². The van der Waals surface area contributed by atoms with Crippen LogP contribution in [0.4, 0.5) is 5.69 Å². The van der Waals surface area contributed by atoms with Crippen LogP contribution in [0.5, 0.6) is 0 Å². The van der Waals surface area contributed by atoms with E-state index in [1.165, 1.54) is 5.56 Å². The molecule has 2 aromatic carbocycles. The first kappa shape index (κ1) is 16.6. The molecule has 1 aromatic heterocycles. The van der Waals surface area contributed by atoms with Gasteiger partial charge in [-0.05, 0) is 36.3 Å². The molecule has 0 bridgehead atoms. The highest BCUT2D eigenvalue weighted by Gasteiger charge is 2.02. The molecular formula is C19H22N6. The van der Waals surface area contributed by atoms with Crippen molar-refractivity contribution in [3.05, 3.63) is 84.5 Å². The van der Waals surface area contributed by atoms with Gasteiger partial charge in [0.15, 0.2) is 0 Å². The van der Waals surface area contributed by atoms with E-state index in [0.29, 0.717) is 6.54 Å². The van der Waals surface area contributed by atoms with Crippen LogP contribution >= 0.6 is 0 Å². The molecule has 6 heteroatoms. The Morgan fingerprint density at radius 1 is 1.08 bits per heavy atom. The number of anilines is 1. The number of nitrogens with one attached hydrogen (secondary N) is 2. The Kier molecular flexibility index (Phi) is 5.31. The molecule has 1 atom stereocenters. The van der Waals surface area contributed by atoms with E-state index in [9.17, 15) is 0 Å². The number of aromatic nitrogens is 3. The van der Waals surface area contributed by atoms with Crippen molar-refractivity contribution in [2.45, 2.75) is 19.5 Å².